The number of aliphatic hydroxyl groups excluding tert-OH is 1. The molecule has 2 aromatic rings. The summed E-state index contributed by atoms with van der Waals surface area (Å²) in [7, 11) is 5.82. The fourth-order valence-electron chi connectivity index (χ4n) is 3.87. The molecule has 1 amide bonds. The molecule has 0 aliphatic carbocycles. The van der Waals surface area contributed by atoms with Gasteiger partial charge >= 0.3 is 0 Å². The standard InChI is InChI=1S/C22H29N3O3/c1-14(2)12-18(26)19-20(25(11-10-23(3)4)22(28)21(19)27)16-13-24(5)17-9-7-6-8-15(16)17/h6-9,13-14,20,27H,10-12H2,1-5H3. The Morgan fingerprint density at radius 3 is 2.57 bits per heavy atom. The van der Waals surface area contributed by atoms with E-state index in [1.165, 1.54) is 0 Å². The maximum atomic E-state index is 13.0. The van der Waals surface area contributed by atoms with Crippen LogP contribution in [-0.2, 0) is 16.6 Å². The SMILES string of the molecule is CC(C)CC(=O)C1=C(O)C(=O)N(CCN(C)C)C1c1cn(C)c2ccccc12. The lowest BCUT2D eigenvalue weighted by atomic mass is 9.92. The summed E-state index contributed by atoms with van der Waals surface area (Å²) < 4.78 is 2.00. The van der Waals surface area contributed by atoms with Gasteiger partial charge in [-0.3, -0.25) is 9.59 Å². The van der Waals surface area contributed by atoms with Crippen molar-refractivity contribution in [2.45, 2.75) is 26.3 Å². The van der Waals surface area contributed by atoms with Gasteiger partial charge in [0, 0.05) is 49.2 Å². The molecule has 1 aliphatic heterocycles. The van der Waals surface area contributed by atoms with Crippen LogP contribution in [-0.4, -0.2) is 58.3 Å². The summed E-state index contributed by atoms with van der Waals surface area (Å²) in [6.07, 6.45) is 2.27. The van der Waals surface area contributed by atoms with E-state index in [4.69, 9.17) is 0 Å². The summed E-state index contributed by atoms with van der Waals surface area (Å²) in [6.45, 7) is 5.00. The first-order valence-electron chi connectivity index (χ1n) is 9.68. The molecule has 28 heavy (non-hydrogen) atoms. The largest absolute Gasteiger partial charge is 0.503 e. The summed E-state index contributed by atoms with van der Waals surface area (Å²) >= 11 is 0. The Morgan fingerprint density at radius 2 is 1.93 bits per heavy atom. The van der Waals surface area contributed by atoms with Gasteiger partial charge in [0.1, 0.15) is 0 Å². The van der Waals surface area contributed by atoms with E-state index < -0.39 is 17.7 Å². The van der Waals surface area contributed by atoms with Crippen LogP contribution in [0.5, 0.6) is 0 Å². The third-order valence-corrected chi connectivity index (χ3v) is 5.21. The number of carbonyl (C=O) groups is 2. The van der Waals surface area contributed by atoms with Crippen molar-refractivity contribution in [2.24, 2.45) is 13.0 Å². The number of rotatable bonds is 7. The van der Waals surface area contributed by atoms with Crippen LogP contribution in [0.25, 0.3) is 10.9 Å². The fraction of sp³-hybridized carbons (Fsp3) is 0.455. The van der Waals surface area contributed by atoms with Gasteiger partial charge in [-0.2, -0.15) is 0 Å². The summed E-state index contributed by atoms with van der Waals surface area (Å²) in [4.78, 5) is 29.5. The number of carbonyl (C=O) groups excluding carboxylic acids is 2. The van der Waals surface area contributed by atoms with Crippen molar-refractivity contribution >= 4 is 22.6 Å². The summed E-state index contributed by atoms with van der Waals surface area (Å²) in [5.41, 5.74) is 2.13. The number of aliphatic hydroxyl groups is 1. The molecule has 3 rings (SSSR count). The summed E-state index contributed by atoms with van der Waals surface area (Å²) in [5, 5.41) is 11.6. The highest BCUT2D eigenvalue weighted by atomic mass is 16.3. The topological polar surface area (TPSA) is 65.8 Å². The van der Waals surface area contributed by atoms with E-state index in [1.807, 2.05) is 74.9 Å². The predicted octanol–water partition coefficient (Wildman–Crippen LogP) is 3.05. The van der Waals surface area contributed by atoms with Crippen LogP contribution in [0.2, 0.25) is 0 Å². The minimum absolute atomic E-state index is 0.145. The Kier molecular flexibility index (Phi) is 5.61. The number of benzene rings is 1. The maximum absolute atomic E-state index is 13.0. The predicted molar refractivity (Wildman–Crippen MR) is 110 cm³/mol. The molecule has 0 saturated heterocycles. The highest BCUT2D eigenvalue weighted by molar-refractivity contribution is 6.09. The minimum atomic E-state index is -0.565. The molecular formula is C22H29N3O3. The molecule has 1 aromatic heterocycles. The first-order valence-corrected chi connectivity index (χ1v) is 9.68. The smallest absolute Gasteiger partial charge is 0.290 e. The van der Waals surface area contributed by atoms with Crippen molar-refractivity contribution in [2.75, 3.05) is 27.2 Å². The van der Waals surface area contributed by atoms with Crippen LogP contribution in [0.3, 0.4) is 0 Å². The maximum Gasteiger partial charge on any atom is 0.290 e. The summed E-state index contributed by atoms with van der Waals surface area (Å²) in [5.74, 6) is -0.882. The lowest BCUT2D eigenvalue weighted by molar-refractivity contribution is -0.129. The third kappa shape index (κ3) is 3.56. The van der Waals surface area contributed by atoms with E-state index in [2.05, 4.69) is 0 Å². The quantitative estimate of drug-likeness (QED) is 0.798. The Bertz CT molecular complexity index is 940. The molecule has 2 heterocycles. The molecule has 1 unspecified atom stereocenters. The van der Waals surface area contributed by atoms with Crippen molar-refractivity contribution in [3.05, 3.63) is 47.4 Å². The average molecular weight is 383 g/mol. The van der Waals surface area contributed by atoms with Crippen LogP contribution in [0.4, 0.5) is 0 Å². The molecule has 0 fully saturated rings. The molecule has 1 aromatic carbocycles. The number of likely N-dealkylation sites (N-methyl/N-ethyl adjacent to an activating group) is 1. The number of Topliss-reactive ketones (excluding diaryl/α,β-unsaturated/α-hetero) is 1. The van der Waals surface area contributed by atoms with Gasteiger partial charge in [-0.25, -0.2) is 0 Å². The molecule has 0 bridgehead atoms. The Morgan fingerprint density at radius 1 is 1.25 bits per heavy atom. The van der Waals surface area contributed by atoms with Crippen molar-refractivity contribution < 1.29 is 14.7 Å². The number of aryl methyl sites for hydroxylation is 1. The van der Waals surface area contributed by atoms with Gasteiger partial charge in [0.2, 0.25) is 0 Å². The average Bonchev–Trinajstić information content (AvgIpc) is 3.08. The first-order chi connectivity index (χ1) is 13.2. The van der Waals surface area contributed by atoms with Gasteiger partial charge in [0.15, 0.2) is 11.5 Å². The van der Waals surface area contributed by atoms with Crippen LogP contribution in [0.1, 0.15) is 31.9 Å². The van der Waals surface area contributed by atoms with E-state index in [0.29, 0.717) is 19.5 Å². The van der Waals surface area contributed by atoms with Gasteiger partial charge in [-0.05, 0) is 26.1 Å². The van der Waals surface area contributed by atoms with Crippen LogP contribution < -0.4 is 0 Å². The van der Waals surface area contributed by atoms with Crippen molar-refractivity contribution in [3.8, 4) is 0 Å². The van der Waals surface area contributed by atoms with Crippen LogP contribution in [0.15, 0.2) is 41.8 Å². The summed E-state index contributed by atoms with van der Waals surface area (Å²) in [6, 6.07) is 7.36. The number of hydrogen-bond acceptors (Lipinski definition) is 4. The third-order valence-electron chi connectivity index (χ3n) is 5.21. The number of hydrogen-bond donors (Lipinski definition) is 1. The van der Waals surface area contributed by atoms with Crippen LogP contribution in [0, 0.1) is 5.92 Å². The molecule has 1 aliphatic rings. The lowest BCUT2D eigenvalue weighted by Crippen LogP contribution is -2.36. The van der Waals surface area contributed by atoms with Gasteiger partial charge in [0.25, 0.3) is 5.91 Å². The normalized spacial score (nSPS) is 17.6. The second-order valence-corrected chi connectivity index (χ2v) is 8.20. The number of fused-ring (bicyclic) bond motifs is 1. The number of aromatic nitrogens is 1. The van der Waals surface area contributed by atoms with E-state index >= 15 is 0 Å². The number of amides is 1. The second-order valence-electron chi connectivity index (χ2n) is 8.20. The second kappa shape index (κ2) is 7.80. The van der Waals surface area contributed by atoms with Gasteiger partial charge in [-0.1, -0.05) is 32.0 Å². The molecule has 150 valence electrons. The van der Waals surface area contributed by atoms with E-state index in [9.17, 15) is 14.7 Å². The Hall–Kier alpha value is -2.60. The Labute approximate surface area is 166 Å². The number of nitrogens with zero attached hydrogens (tertiary/aromatic N) is 3. The molecule has 0 spiro atoms. The highest BCUT2D eigenvalue weighted by Crippen LogP contribution is 2.41. The van der Waals surface area contributed by atoms with Crippen molar-refractivity contribution in [3.63, 3.8) is 0 Å². The van der Waals surface area contributed by atoms with E-state index in [1.54, 1.807) is 4.90 Å². The molecule has 0 saturated carbocycles. The van der Waals surface area contributed by atoms with Gasteiger partial charge < -0.3 is 19.5 Å². The minimum Gasteiger partial charge on any atom is -0.503 e. The number of ketones is 1. The lowest BCUT2D eigenvalue weighted by Gasteiger charge is -2.27. The van der Waals surface area contributed by atoms with Gasteiger partial charge in [0.05, 0.1) is 11.6 Å². The number of para-hydroxylation sites is 1. The van der Waals surface area contributed by atoms with Crippen molar-refractivity contribution in [1.29, 1.82) is 0 Å². The van der Waals surface area contributed by atoms with Crippen molar-refractivity contribution in [1.82, 2.24) is 14.4 Å². The molecule has 6 nitrogen and oxygen atoms in total. The fourth-order valence-corrected chi connectivity index (χ4v) is 3.87. The zero-order valence-corrected chi connectivity index (χ0v) is 17.3. The molecule has 1 N–H and O–H groups in total. The molecule has 6 heteroatoms. The highest BCUT2D eigenvalue weighted by Gasteiger charge is 2.44. The zero-order chi connectivity index (χ0) is 20.6. The van der Waals surface area contributed by atoms with Crippen LogP contribution >= 0.6 is 0 Å². The molecule has 1 atom stereocenters. The first kappa shape index (κ1) is 20.1. The Balaban J connectivity index is 2.14. The molecular weight excluding hydrogens is 354 g/mol. The van der Waals surface area contributed by atoms with E-state index in [-0.39, 0.29) is 17.3 Å². The van der Waals surface area contributed by atoms with Gasteiger partial charge in [-0.15, -0.1) is 0 Å². The zero-order valence-electron chi connectivity index (χ0n) is 17.3. The van der Waals surface area contributed by atoms with E-state index in [0.717, 1.165) is 16.5 Å². The monoisotopic (exact) mass is 383 g/mol. The molecule has 0 radical (unpaired) electrons.